The Bertz CT molecular complexity index is 411. The van der Waals surface area contributed by atoms with Gasteiger partial charge in [-0.1, -0.05) is 31.0 Å². The van der Waals surface area contributed by atoms with Crippen LogP contribution in [0.15, 0.2) is 30.3 Å². The van der Waals surface area contributed by atoms with Crippen LogP contribution >= 0.6 is 0 Å². The van der Waals surface area contributed by atoms with Crippen LogP contribution in [0.4, 0.5) is 4.79 Å². The van der Waals surface area contributed by atoms with Crippen molar-refractivity contribution in [3.63, 3.8) is 0 Å². The second kappa shape index (κ2) is 7.75. The van der Waals surface area contributed by atoms with Gasteiger partial charge in [-0.2, -0.15) is 0 Å². The molecule has 1 fully saturated rings. The summed E-state index contributed by atoms with van der Waals surface area (Å²) in [4.78, 5) is 11.7. The number of urea groups is 1. The first kappa shape index (κ1) is 14.7. The highest BCUT2D eigenvalue weighted by Gasteiger charge is 2.24. The van der Waals surface area contributed by atoms with Gasteiger partial charge in [0, 0.05) is 0 Å². The molecule has 2 unspecified atom stereocenters. The zero-order valence-corrected chi connectivity index (χ0v) is 11.5. The number of hydrogen-bond acceptors (Lipinski definition) is 3. The highest BCUT2D eigenvalue weighted by atomic mass is 16.5. The molecule has 0 aliphatic heterocycles. The van der Waals surface area contributed by atoms with Gasteiger partial charge in [0.25, 0.3) is 0 Å². The summed E-state index contributed by atoms with van der Waals surface area (Å²) in [5.74, 6) is 0.789. The van der Waals surface area contributed by atoms with Crippen molar-refractivity contribution in [2.45, 2.75) is 37.8 Å². The smallest absolute Gasteiger partial charge is 0.315 e. The van der Waals surface area contributed by atoms with Gasteiger partial charge in [-0.05, 0) is 25.0 Å². The van der Waals surface area contributed by atoms with Gasteiger partial charge in [0.2, 0.25) is 0 Å². The van der Waals surface area contributed by atoms with E-state index in [0.717, 1.165) is 31.4 Å². The largest absolute Gasteiger partial charge is 0.492 e. The second-order valence-corrected chi connectivity index (χ2v) is 5.02. The van der Waals surface area contributed by atoms with E-state index in [9.17, 15) is 9.90 Å². The first-order valence-corrected chi connectivity index (χ1v) is 7.16. The molecule has 1 aromatic rings. The van der Waals surface area contributed by atoms with Gasteiger partial charge in [-0.3, -0.25) is 0 Å². The van der Waals surface area contributed by atoms with Crippen LogP contribution in [0.5, 0.6) is 5.75 Å². The number of amides is 2. The minimum Gasteiger partial charge on any atom is -0.492 e. The van der Waals surface area contributed by atoms with E-state index in [1.165, 1.54) is 0 Å². The van der Waals surface area contributed by atoms with E-state index in [0.29, 0.717) is 13.2 Å². The molecule has 0 heterocycles. The van der Waals surface area contributed by atoms with Crippen LogP contribution in [0.3, 0.4) is 0 Å². The van der Waals surface area contributed by atoms with E-state index in [4.69, 9.17) is 4.74 Å². The normalized spacial score (nSPS) is 22.1. The van der Waals surface area contributed by atoms with E-state index in [1.807, 2.05) is 30.3 Å². The van der Waals surface area contributed by atoms with Crippen LogP contribution in [0.2, 0.25) is 0 Å². The summed E-state index contributed by atoms with van der Waals surface area (Å²) in [5, 5.41) is 15.3. The topological polar surface area (TPSA) is 70.6 Å². The predicted octanol–water partition coefficient (Wildman–Crippen LogP) is 1.67. The first-order chi connectivity index (χ1) is 9.75. The summed E-state index contributed by atoms with van der Waals surface area (Å²) in [5.41, 5.74) is 0. The molecule has 0 radical (unpaired) electrons. The molecular weight excluding hydrogens is 256 g/mol. The molecule has 5 nitrogen and oxygen atoms in total. The molecule has 2 rings (SSSR count). The third kappa shape index (κ3) is 4.74. The molecule has 1 aliphatic rings. The number of nitrogens with one attached hydrogen (secondary N) is 2. The molecule has 1 aromatic carbocycles. The molecule has 0 bridgehead atoms. The molecule has 3 N–H and O–H groups in total. The van der Waals surface area contributed by atoms with Crippen molar-refractivity contribution in [3.05, 3.63) is 30.3 Å². The van der Waals surface area contributed by atoms with E-state index in [-0.39, 0.29) is 12.1 Å². The van der Waals surface area contributed by atoms with Crippen molar-refractivity contribution in [2.75, 3.05) is 13.2 Å². The predicted molar refractivity (Wildman–Crippen MR) is 76.7 cm³/mol. The Kier molecular flexibility index (Phi) is 5.68. The number of rotatable bonds is 5. The SMILES string of the molecule is O=C(NCCOc1ccccc1)NC1CCCCC1O. The average Bonchev–Trinajstić information content (AvgIpc) is 2.47. The molecule has 0 saturated heterocycles. The van der Waals surface area contributed by atoms with Crippen molar-refractivity contribution in [1.82, 2.24) is 10.6 Å². The summed E-state index contributed by atoms with van der Waals surface area (Å²) in [6, 6.07) is 9.11. The average molecular weight is 278 g/mol. The monoisotopic (exact) mass is 278 g/mol. The van der Waals surface area contributed by atoms with Gasteiger partial charge in [0.05, 0.1) is 18.7 Å². The lowest BCUT2D eigenvalue weighted by atomic mass is 9.93. The maximum absolute atomic E-state index is 11.7. The molecule has 0 aromatic heterocycles. The molecular formula is C15H22N2O3. The fourth-order valence-electron chi connectivity index (χ4n) is 2.35. The summed E-state index contributed by atoms with van der Waals surface area (Å²) < 4.78 is 5.48. The Hall–Kier alpha value is -1.75. The number of para-hydroxylation sites is 1. The summed E-state index contributed by atoms with van der Waals surface area (Å²) in [7, 11) is 0. The first-order valence-electron chi connectivity index (χ1n) is 7.16. The van der Waals surface area contributed by atoms with Crippen LogP contribution < -0.4 is 15.4 Å². The molecule has 1 saturated carbocycles. The molecule has 2 atom stereocenters. The van der Waals surface area contributed by atoms with Crippen molar-refractivity contribution in [3.8, 4) is 5.75 Å². The van der Waals surface area contributed by atoms with E-state index in [2.05, 4.69) is 10.6 Å². The number of hydrogen-bond donors (Lipinski definition) is 3. The molecule has 2 amide bonds. The second-order valence-electron chi connectivity index (χ2n) is 5.02. The van der Waals surface area contributed by atoms with Crippen molar-refractivity contribution in [1.29, 1.82) is 0 Å². The molecule has 5 heteroatoms. The van der Waals surface area contributed by atoms with Crippen LogP contribution in [-0.2, 0) is 0 Å². The van der Waals surface area contributed by atoms with Crippen LogP contribution in [0.25, 0.3) is 0 Å². The third-order valence-electron chi connectivity index (χ3n) is 3.45. The zero-order valence-electron chi connectivity index (χ0n) is 11.5. The van der Waals surface area contributed by atoms with Crippen LogP contribution in [0, 0.1) is 0 Å². The van der Waals surface area contributed by atoms with Crippen molar-refractivity contribution >= 4 is 6.03 Å². The zero-order chi connectivity index (χ0) is 14.2. The molecule has 20 heavy (non-hydrogen) atoms. The molecule has 0 spiro atoms. The lowest BCUT2D eigenvalue weighted by Crippen LogP contribution is -2.49. The summed E-state index contributed by atoms with van der Waals surface area (Å²) in [6.07, 6.45) is 3.28. The number of aliphatic hydroxyl groups excluding tert-OH is 1. The number of carbonyl (C=O) groups is 1. The fourth-order valence-corrected chi connectivity index (χ4v) is 2.35. The number of carbonyl (C=O) groups excluding carboxylic acids is 1. The van der Waals surface area contributed by atoms with Crippen LogP contribution in [0.1, 0.15) is 25.7 Å². The Morgan fingerprint density at radius 3 is 2.75 bits per heavy atom. The lowest BCUT2D eigenvalue weighted by Gasteiger charge is -2.28. The Morgan fingerprint density at radius 1 is 1.25 bits per heavy atom. The Balaban J connectivity index is 1.60. The van der Waals surface area contributed by atoms with Gasteiger partial charge >= 0.3 is 6.03 Å². The number of aliphatic hydroxyl groups is 1. The minimum atomic E-state index is -0.421. The quantitative estimate of drug-likeness (QED) is 0.717. The summed E-state index contributed by atoms with van der Waals surface area (Å²) in [6.45, 7) is 0.855. The van der Waals surface area contributed by atoms with Gasteiger partial charge in [-0.15, -0.1) is 0 Å². The number of ether oxygens (including phenoxy) is 1. The third-order valence-corrected chi connectivity index (χ3v) is 3.45. The van der Waals surface area contributed by atoms with Gasteiger partial charge in [-0.25, -0.2) is 4.79 Å². The summed E-state index contributed by atoms with van der Waals surface area (Å²) >= 11 is 0. The highest BCUT2D eigenvalue weighted by Crippen LogP contribution is 2.18. The standard InChI is InChI=1S/C15H22N2O3/c18-14-9-5-4-8-13(14)17-15(19)16-10-11-20-12-6-2-1-3-7-12/h1-3,6-7,13-14,18H,4-5,8-11H2,(H2,16,17,19). The Morgan fingerprint density at radius 2 is 2.00 bits per heavy atom. The van der Waals surface area contributed by atoms with Crippen LogP contribution in [-0.4, -0.2) is 36.4 Å². The van der Waals surface area contributed by atoms with Gasteiger partial charge < -0.3 is 20.5 Å². The maximum Gasteiger partial charge on any atom is 0.315 e. The highest BCUT2D eigenvalue weighted by molar-refractivity contribution is 5.74. The van der Waals surface area contributed by atoms with E-state index in [1.54, 1.807) is 0 Å². The fraction of sp³-hybridized carbons (Fsp3) is 0.533. The van der Waals surface area contributed by atoms with Crippen molar-refractivity contribution < 1.29 is 14.6 Å². The molecule has 110 valence electrons. The number of benzene rings is 1. The minimum absolute atomic E-state index is 0.126. The van der Waals surface area contributed by atoms with Crippen molar-refractivity contribution in [2.24, 2.45) is 0 Å². The van der Waals surface area contributed by atoms with Gasteiger partial charge in [0.15, 0.2) is 0 Å². The van der Waals surface area contributed by atoms with Gasteiger partial charge in [0.1, 0.15) is 12.4 Å². The molecule has 1 aliphatic carbocycles. The van der Waals surface area contributed by atoms with E-state index < -0.39 is 6.10 Å². The van der Waals surface area contributed by atoms with E-state index >= 15 is 0 Å². The maximum atomic E-state index is 11.7. The lowest BCUT2D eigenvalue weighted by molar-refractivity contribution is 0.0942. The Labute approximate surface area is 119 Å².